The second-order valence-electron chi connectivity index (χ2n) is 6.13. The molecule has 0 unspecified atom stereocenters. The molecular weight excluding hydrogens is 373 g/mol. The number of nitrogens with zero attached hydrogens (tertiary/aromatic N) is 4. The van der Waals surface area contributed by atoms with Crippen LogP contribution in [0.2, 0.25) is 0 Å². The fraction of sp³-hybridized carbons (Fsp3) is 0.294. The van der Waals surface area contributed by atoms with Gasteiger partial charge in [0.2, 0.25) is 5.91 Å². The van der Waals surface area contributed by atoms with E-state index in [4.69, 9.17) is 0 Å². The van der Waals surface area contributed by atoms with Crippen molar-refractivity contribution in [3.8, 4) is 0 Å². The summed E-state index contributed by atoms with van der Waals surface area (Å²) in [6.07, 6.45) is 0. The minimum absolute atomic E-state index is 0.0148. The fourth-order valence-electron chi connectivity index (χ4n) is 2.69. The second-order valence-corrected chi connectivity index (χ2v) is 7.07. The smallest absolute Gasteiger partial charge is 0.325 e. The van der Waals surface area contributed by atoms with E-state index < -0.39 is 17.1 Å². The molecule has 10 heteroatoms. The molecular formula is C17H18FN5O3S. The molecule has 2 aromatic heterocycles. The first kappa shape index (κ1) is 18.9. The van der Waals surface area contributed by atoms with Crippen molar-refractivity contribution in [2.24, 2.45) is 21.1 Å². The van der Waals surface area contributed by atoms with Gasteiger partial charge in [-0.1, -0.05) is 17.8 Å². The maximum absolute atomic E-state index is 13.6. The number of halogens is 1. The Labute approximate surface area is 157 Å². The standard InChI is InChI=1S/C17H18FN5O3S/c1-9-5-6-10(7-11(9)18)19-12(24)8-27-16-20-13-14(21(16)2)22(3)17(26)23(4)15(13)25/h5-7H,8H2,1-4H3,(H,19,24). The molecule has 1 aromatic carbocycles. The van der Waals surface area contributed by atoms with E-state index in [2.05, 4.69) is 10.3 Å². The lowest BCUT2D eigenvalue weighted by molar-refractivity contribution is -0.113. The normalized spacial score (nSPS) is 11.1. The summed E-state index contributed by atoms with van der Waals surface area (Å²) in [5.74, 6) is -0.717. The minimum atomic E-state index is -0.491. The number of fused-ring (bicyclic) bond motifs is 1. The lowest BCUT2D eigenvalue weighted by Crippen LogP contribution is -2.37. The zero-order valence-electron chi connectivity index (χ0n) is 15.2. The lowest BCUT2D eigenvalue weighted by Gasteiger charge is -2.07. The molecule has 1 amide bonds. The van der Waals surface area contributed by atoms with Crippen LogP contribution in [0, 0.1) is 12.7 Å². The molecule has 3 aromatic rings. The number of imidazole rings is 1. The summed E-state index contributed by atoms with van der Waals surface area (Å²) in [7, 11) is 4.61. The van der Waals surface area contributed by atoms with E-state index in [-0.39, 0.29) is 17.2 Å². The highest BCUT2D eigenvalue weighted by Gasteiger charge is 2.18. The van der Waals surface area contributed by atoms with Gasteiger partial charge >= 0.3 is 5.69 Å². The van der Waals surface area contributed by atoms with Crippen LogP contribution in [0.15, 0.2) is 32.9 Å². The zero-order chi connectivity index (χ0) is 19.9. The van der Waals surface area contributed by atoms with Gasteiger partial charge in [0.05, 0.1) is 5.75 Å². The van der Waals surface area contributed by atoms with Gasteiger partial charge in [0.1, 0.15) is 5.82 Å². The number of rotatable bonds is 4. The summed E-state index contributed by atoms with van der Waals surface area (Å²) in [5.41, 5.74) is 0.456. The highest BCUT2D eigenvalue weighted by atomic mass is 32.2. The van der Waals surface area contributed by atoms with Crippen LogP contribution in [0.1, 0.15) is 5.56 Å². The van der Waals surface area contributed by atoms with Crippen LogP contribution in [0.25, 0.3) is 11.2 Å². The van der Waals surface area contributed by atoms with E-state index in [1.807, 2.05) is 0 Å². The third-order valence-electron chi connectivity index (χ3n) is 4.21. The van der Waals surface area contributed by atoms with E-state index in [9.17, 15) is 18.8 Å². The Morgan fingerprint density at radius 1 is 1.19 bits per heavy atom. The van der Waals surface area contributed by atoms with Gasteiger partial charge in [-0.15, -0.1) is 0 Å². The second kappa shape index (κ2) is 7.03. The minimum Gasteiger partial charge on any atom is -0.325 e. The maximum Gasteiger partial charge on any atom is 0.332 e. The molecule has 2 heterocycles. The van der Waals surface area contributed by atoms with E-state index in [1.54, 1.807) is 37.7 Å². The van der Waals surface area contributed by atoms with Gasteiger partial charge in [0, 0.05) is 26.8 Å². The van der Waals surface area contributed by atoms with Gasteiger partial charge in [-0.25, -0.2) is 14.2 Å². The molecule has 0 radical (unpaired) electrons. The number of anilines is 1. The van der Waals surface area contributed by atoms with Crippen LogP contribution < -0.4 is 16.6 Å². The number of nitrogens with one attached hydrogen (secondary N) is 1. The summed E-state index contributed by atoms with van der Waals surface area (Å²) in [4.78, 5) is 40.7. The molecule has 0 aliphatic heterocycles. The van der Waals surface area contributed by atoms with Crippen molar-refractivity contribution in [2.75, 3.05) is 11.1 Å². The van der Waals surface area contributed by atoms with Crippen LogP contribution in [0.4, 0.5) is 10.1 Å². The number of carbonyl (C=O) groups excluding carboxylic acids is 1. The number of amides is 1. The molecule has 0 aliphatic rings. The van der Waals surface area contributed by atoms with Crippen molar-refractivity contribution in [3.05, 3.63) is 50.4 Å². The van der Waals surface area contributed by atoms with E-state index in [0.717, 1.165) is 16.3 Å². The Bertz CT molecular complexity index is 1180. The van der Waals surface area contributed by atoms with Crippen molar-refractivity contribution >= 4 is 34.5 Å². The topological polar surface area (TPSA) is 90.9 Å². The zero-order valence-corrected chi connectivity index (χ0v) is 16.1. The number of hydrogen-bond acceptors (Lipinski definition) is 5. The summed E-state index contributed by atoms with van der Waals surface area (Å²) in [5, 5.41) is 3.04. The monoisotopic (exact) mass is 391 g/mol. The van der Waals surface area contributed by atoms with Crippen molar-refractivity contribution in [1.29, 1.82) is 0 Å². The average molecular weight is 391 g/mol. The molecule has 0 saturated carbocycles. The molecule has 3 rings (SSSR count). The molecule has 0 bridgehead atoms. The van der Waals surface area contributed by atoms with Crippen LogP contribution >= 0.6 is 11.8 Å². The molecule has 8 nitrogen and oxygen atoms in total. The van der Waals surface area contributed by atoms with Gasteiger partial charge in [0.15, 0.2) is 16.3 Å². The molecule has 142 valence electrons. The number of benzene rings is 1. The Morgan fingerprint density at radius 2 is 1.89 bits per heavy atom. The average Bonchev–Trinajstić information content (AvgIpc) is 2.96. The molecule has 1 N–H and O–H groups in total. The van der Waals surface area contributed by atoms with E-state index >= 15 is 0 Å². The summed E-state index contributed by atoms with van der Waals surface area (Å²) < 4.78 is 17.5. The first-order valence-corrected chi connectivity index (χ1v) is 9.00. The SMILES string of the molecule is Cc1ccc(NC(=O)CSc2nc3c(=O)n(C)c(=O)n(C)c3n2C)cc1F. The number of carbonyl (C=O) groups is 1. The number of hydrogen-bond donors (Lipinski definition) is 1. The summed E-state index contributed by atoms with van der Waals surface area (Å²) in [6.45, 7) is 1.64. The highest BCUT2D eigenvalue weighted by molar-refractivity contribution is 7.99. The van der Waals surface area contributed by atoms with Crippen LogP contribution in [-0.4, -0.2) is 30.3 Å². The largest absolute Gasteiger partial charge is 0.332 e. The molecule has 0 fully saturated rings. The van der Waals surface area contributed by atoms with E-state index in [0.29, 0.717) is 22.1 Å². The molecule has 0 saturated heterocycles. The number of aryl methyl sites for hydroxylation is 3. The van der Waals surface area contributed by atoms with Crippen molar-refractivity contribution < 1.29 is 9.18 Å². The van der Waals surface area contributed by atoms with Crippen molar-refractivity contribution in [3.63, 3.8) is 0 Å². The van der Waals surface area contributed by atoms with Gasteiger partial charge in [-0.2, -0.15) is 0 Å². The Balaban J connectivity index is 1.82. The Morgan fingerprint density at radius 3 is 2.56 bits per heavy atom. The lowest BCUT2D eigenvalue weighted by atomic mass is 10.2. The summed E-state index contributed by atoms with van der Waals surface area (Å²) >= 11 is 1.12. The maximum atomic E-state index is 13.6. The van der Waals surface area contributed by atoms with Gasteiger partial charge in [0.25, 0.3) is 5.56 Å². The fourth-order valence-corrected chi connectivity index (χ4v) is 3.45. The first-order chi connectivity index (χ1) is 12.7. The number of thioether (sulfide) groups is 1. The van der Waals surface area contributed by atoms with Crippen molar-refractivity contribution in [1.82, 2.24) is 18.7 Å². The molecule has 27 heavy (non-hydrogen) atoms. The third kappa shape index (κ3) is 3.39. The van der Waals surface area contributed by atoms with Gasteiger partial charge in [-0.05, 0) is 24.6 Å². The van der Waals surface area contributed by atoms with Crippen LogP contribution in [0.5, 0.6) is 0 Å². The van der Waals surface area contributed by atoms with Crippen molar-refractivity contribution in [2.45, 2.75) is 12.1 Å². The quantitative estimate of drug-likeness (QED) is 0.674. The van der Waals surface area contributed by atoms with Gasteiger partial charge < -0.3 is 9.88 Å². The molecule has 0 spiro atoms. The predicted octanol–water partition coefficient (Wildman–Crippen LogP) is 1.15. The van der Waals surface area contributed by atoms with Crippen LogP contribution in [0.3, 0.4) is 0 Å². The van der Waals surface area contributed by atoms with Gasteiger partial charge in [-0.3, -0.25) is 18.7 Å². The van der Waals surface area contributed by atoms with E-state index in [1.165, 1.54) is 17.7 Å². The summed E-state index contributed by atoms with van der Waals surface area (Å²) in [6, 6.07) is 4.46. The number of aromatic nitrogens is 4. The Hall–Kier alpha value is -2.88. The predicted molar refractivity (Wildman–Crippen MR) is 102 cm³/mol. The molecule has 0 aliphatic carbocycles. The first-order valence-electron chi connectivity index (χ1n) is 8.02. The Kier molecular flexibility index (Phi) is 4.92. The highest BCUT2D eigenvalue weighted by Crippen LogP contribution is 2.21. The third-order valence-corrected chi connectivity index (χ3v) is 5.24. The molecule has 0 atom stereocenters. The van der Waals surface area contributed by atoms with Crippen LogP contribution in [-0.2, 0) is 25.9 Å².